The van der Waals surface area contributed by atoms with E-state index < -0.39 is 52.8 Å². The highest BCUT2D eigenvalue weighted by molar-refractivity contribution is 6.15. The third-order valence-electron chi connectivity index (χ3n) is 5.58. The number of hydrogen-bond acceptors (Lipinski definition) is 6. The second-order valence-electron chi connectivity index (χ2n) is 8.14. The van der Waals surface area contributed by atoms with Gasteiger partial charge in [0.2, 0.25) is 11.7 Å². The predicted molar refractivity (Wildman–Crippen MR) is 108 cm³/mol. The van der Waals surface area contributed by atoms with E-state index >= 15 is 0 Å². The first kappa shape index (κ1) is 25.0. The van der Waals surface area contributed by atoms with Gasteiger partial charge in [0.25, 0.3) is 5.91 Å². The van der Waals surface area contributed by atoms with Gasteiger partial charge < -0.3 is 27.0 Å². The van der Waals surface area contributed by atoms with Gasteiger partial charge in [-0.25, -0.2) is 0 Å². The van der Waals surface area contributed by atoms with Gasteiger partial charge in [0.05, 0.1) is 11.5 Å². The first-order valence-electron chi connectivity index (χ1n) is 10.0. The van der Waals surface area contributed by atoms with Crippen LogP contribution in [-0.2, 0) is 9.59 Å². The molecule has 1 aromatic carbocycles. The van der Waals surface area contributed by atoms with Crippen LogP contribution in [0.1, 0.15) is 61.4 Å². The third kappa shape index (κ3) is 5.51. The molecule has 11 heteroatoms. The van der Waals surface area contributed by atoms with Gasteiger partial charge in [0.15, 0.2) is 0 Å². The summed E-state index contributed by atoms with van der Waals surface area (Å²) in [6.45, 7) is 3.46. The number of hydrogen-bond donors (Lipinski definition) is 5. The predicted octanol–water partition coefficient (Wildman–Crippen LogP) is 2.54. The van der Waals surface area contributed by atoms with E-state index in [1.54, 1.807) is 13.8 Å². The van der Waals surface area contributed by atoms with E-state index in [2.05, 4.69) is 5.32 Å². The molecule has 0 aliphatic heterocycles. The van der Waals surface area contributed by atoms with E-state index in [4.69, 9.17) is 11.5 Å². The lowest BCUT2D eigenvalue weighted by atomic mass is 9.81. The summed E-state index contributed by atoms with van der Waals surface area (Å²) < 4.78 is 38.6. The lowest BCUT2D eigenvalue weighted by molar-refractivity contribution is -0.184. The van der Waals surface area contributed by atoms with Crippen LogP contribution in [0.4, 0.5) is 13.2 Å². The van der Waals surface area contributed by atoms with Crippen molar-refractivity contribution in [2.75, 3.05) is 0 Å². The smallest absolute Gasteiger partial charge is 0.391 e. The molecule has 0 atom stereocenters. The van der Waals surface area contributed by atoms with Crippen LogP contribution in [0.2, 0.25) is 0 Å². The molecule has 1 aliphatic rings. The second-order valence-corrected chi connectivity index (χ2v) is 8.14. The molecule has 1 aromatic rings. The van der Waals surface area contributed by atoms with E-state index in [1.165, 1.54) is 6.07 Å². The van der Waals surface area contributed by atoms with Gasteiger partial charge in [-0.3, -0.25) is 14.4 Å². The first-order chi connectivity index (χ1) is 14.7. The fourth-order valence-electron chi connectivity index (χ4n) is 3.65. The summed E-state index contributed by atoms with van der Waals surface area (Å²) in [6, 6.07) is 2.15. The molecule has 0 radical (unpaired) electrons. The average molecular weight is 457 g/mol. The Morgan fingerprint density at radius 1 is 1.03 bits per heavy atom. The lowest BCUT2D eigenvalue weighted by Crippen LogP contribution is -2.39. The lowest BCUT2D eigenvalue weighted by Gasteiger charge is -2.29. The Morgan fingerprint density at radius 2 is 1.59 bits per heavy atom. The van der Waals surface area contributed by atoms with E-state index in [0.717, 1.165) is 6.07 Å². The van der Waals surface area contributed by atoms with Gasteiger partial charge in [0, 0.05) is 12.0 Å². The van der Waals surface area contributed by atoms with Crippen molar-refractivity contribution in [2.24, 2.45) is 23.3 Å². The number of amides is 2. The van der Waals surface area contributed by atoms with Crippen molar-refractivity contribution >= 4 is 17.6 Å². The number of halogens is 3. The zero-order valence-corrected chi connectivity index (χ0v) is 17.6. The maximum absolute atomic E-state index is 13.0. The van der Waals surface area contributed by atoms with Crippen LogP contribution in [0.5, 0.6) is 11.5 Å². The van der Waals surface area contributed by atoms with Crippen molar-refractivity contribution in [3.05, 3.63) is 34.7 Å². The summed E-state index contributed by atoms with van der Waals surface area (Å²) >= 11 is 0. The summed E-state index contributed by atoms with van der Waals surface area (Å²) in [5.74, 6) is -6.45. The Labute approximate surface area is 182 Å². The number of alkyl halides is 3. The number of allylic oxidation sites excluding steroid dienone is 1. The Balaban J connectivity index is 2.32. The number of aromatic hydroxyl groups is 2. The van der Waals surface area contributed by atoms with Crippen molar-refractivity contribution < 1.29 is 37.8 Å². The standard InChI is InChI=1S/C21H26F3N3O5/c1-9(2)12-7-13(15(29)8-14(12)28)18(30)17(16(25)19(26)31)27-20(32)10-3-5-11(6-4-10)21(22,23)24/h7-11,28-29H,3-6,25H2,1-2H3,(H2,26,31)(H,27,32). The maximum Gasteiger partial charge on any atom is 0.391 e. The first-order valence-corrected chi connectivity index (χ1v) is 10.0. The third-order valence-corrected chi connectivity index (χ3v) is 5.58. The molecule has 0 spiro atoms. The highest BCUT2D eigenvalue weighted by atomic mass is 19.4. The van der Waals surface area contributed by atoms with Gasteiger partial charge >= 0.3 is 6.18 Å². The van der Waals surface area contributed by atoms with E-state index in [9.17, 15) is 37.8 Å². The minimum Gasteiger partial charge on any atom is -0.508 e. The molecule has 0 aromatic heterocycles. The molecule has 1 saturated carbocycles. The summed E-state index contributed by atoms with van der Waals surface area (Å²) in [4.78, 5) is 37.3. The molecule has 2 amide bonds. The van der Waals surface area contributed by atoms with Crippen molar-refractivity contribution in [1.82, 2.24) is 5.32 Å². The van der Waals surface area contributed by atoms with Gasteiger partial charge in [-0.1, -0.05) is 13.8 Å². The van der Waals surface area contributed by atoms with Gasteiger partial charge in [-0.05, 0) is 43.2 Å². The van der Waals surface area contributed by atoms with Crippen molar-refractivity contribution in [3.8, 4) is 11.5 Å². The van der Waals surface area contributed by atoms with Crippen LogP contribution >= 0.6 is 0 Å². The molecule has 176 valence electrons. The number of phenols is 2. The molecule has 1 aliphatic carbocycles. The summed E-state index contributed by atoms with van der Waals surface area (Å²) in [6.07, 6.45) is -4.94. The Kier molecular flexibility index (Phi) is 7.42. The van der Waals surface area contributed by atoms with Crippen molar-refractivity contribution in [2.45, 2.75) is 51.6 Å². The Hall–Kier alpha value is -3.24. The fraction of sp³-hybridized carbons (Fsp3) is 0.476. The molecular weight excluding hydrogens is 431 g/mol. The summed E-state index contributed by atoms with van der Waals surface area (Å²) in [5.41, 5.74) is 9.31. The monoisotopic (exact) mass is 457 g/mol. The largest absolute Gasteiger partial charge is 0.508 e. The molecule has 0 unspecified atom stereocenters. The quantitative estimate of drug-likeness (QED) is 0.326. The number of carbonyl (C=O) groups is 3. The van der Waals surface area contributed by atoms with Crippen LogP contribution in [0.3, 0.4) is 0 Å². The van der Waals surface area contributed by atoms with Crippen molar-refractivity contribution in [1.29, 1.82) is 0 Å². The van der Waals surface area contributed by atoms with Crippen LogP contribution in [0, 0.1) is 11.8 Å². The molecule has 7 N–H and O–H groups in total. The Bertz CT molecular complexity index is 949. The average Bonchev–Trinajstić information content (AvgIpc) is 2.70. The zero-order chi connectivity index (χ0) is 24.4. The van der Waals surface area contributed by atoms with E-state index in [0.29, 0.717) is 5.56 Å². The van der Waals surface area contributed by atoms with Crippen LogP contribution in [0.25, 0.3) is 0 Å². The molecule has 32 heavy (non-hydrogen) atoms. The van der Waals surface area contributed by atoms with Crippen LogP contribution in [-0.4, -0.2) is 34.0 Å². The van der Waals surface area contributed by atoms with Gasteiger partial charge in [-0.2, -0.15) is 13.2 Å². The second kappa shape index (κ2) is 9.49. The molecule has 8 nitrogen and oxygen atoms in total. The molecule has 0 heterocycles. The topological polar surface area (TPSA) is 156 Å². The van der Waals surface area contributed by atoms with Crippen LogP contribution < -0.4 is 16.8 Å². The number of benzene rings is 1. The normalized spacial score (nSPS) is 19.9. The highest BCUT2D eigenvalue weighted by Gasteiger charge is 2.42. The minimum atomic E-state index is -4.34. The zero-order valence-electron chi connectivity index (χ0n) is 17.6. The number of ketones is 1. The summed E-state index contributed by atoms with van der Waals surface area (Å²) in [7, 11) is 0. The van der Waals surface area contributed by atoms with E-state index in [1.807, 2.05) is 0 Å². The summed E-state index contributed by atoms with van der Waals surface area (Å²) in [5, 5.41) is 22.3. The Morgan fingerprint density at radius 3 is 2.06 bits per heavy atom. The maximum atomic E-state index is 13.0. The number of carbonyl (C=O) groups excluding carboxylic acids is 3. The van der Waals surface area contributed by atoms with E-state index in [-0.39, 0.29) is 42.9 Å². The minimum absolute atomic E-state index is 0.0596. The SMILES string of the molecule is CC(C)c1cc(C(=O)C(NC(=O)C2CCC(C(F)(F)F)CC2)=C(N)C(N)=O)c(O)cc1O. The van der Waals surface area contributed by atoms with Gasteiger partial charge in [0.1, 0.15) is 22.9 Å². The molecule has 1 fully saturated rings. The molecule has 2 rings (SSSR count). The molecule has 0 bridgehead atoms. The van der Waals surface area contributed by atoms with Crippen molar-refractivity contribution in [3.63, 3.8) is 0 Å². The number of phenolic OH excluding ortho intramolecular Hbond substituents is 2. The fourth-order valence-corrected chi connectivity index (χ4v) is 3.65. The molecule has 0 saturated heterocycles. The number of rotatable bonds is 6. The number of nitrogens with two attached hydrogens (primary N) is 2. The molecular formula is C21H26F3N3O5. The number of primary amides is 1. The number of Topliss-reactive ketones (excluding diaryl/α,β-unsaturated/α-hetero) is 1. The highest BCUT2D eigenvalue weighted by Crippen LogP contribution is 2.39. The number of nitrogens with one attached hydrogen (secondary N) is 1. The van der Waals surface area contributed by atoms with Crippen LogP contribution in [0.15, 0.2) is 23.5 Å². The van der Waals surface area contributed by atoms with Gasteiger partial charge in [-0.15, -0.1) is 0 Å².